The molecule has 2 nitrogen and oxygen atoms in total. The summed E-state index contributed by atoms with van der Waals surface area (Å²) in [5.41, 5.74) is 0. The summed E-state index contributed by atoms with van der Waals surface area (Å²) in [6, 6.07) is 0. The van der Waals surface area contributed by atoms with Crippen molar-refractivity contribution in [2.45, 2.75) is 26.1 Å². The van der Waals surface area contributed by atoms with Crippen LogP contribution in [0.25, 0.3) is 0 Å². The third kappa shape index (κ3) is 2.87. The molecule has 0 saturated carbocycles. The molecule has 0 amide bonds. The SMILES string of the molecule is CC1CN(I(C)C)CC(C)O1. The summed E-state index contributed by atoms with van der Waals surface area (Å²) in [6.07, 6.45) is 0.886. The number of ether oxygens (including phenoxy) is 1. The molecule has 0 bridgehead atoms. The summed E-state index contributed by atoms with van der Waals surface area (Å²) < 4.78 is 8.28. The minimum absolute atomic E-state index is 0.443. The zero-order valence-electron chi connectivity index (χ0n) is 7.80. The molecule has 1 heterocycles. The van der Waals surface area contributed by atoms with Crippen LogP contribution in [0.1, 0.15) is 13.8 Å². The van der Waals surface area contributed by atoms with Crippen molar-refractivity contribution < 1.29 is 4.74 Å². The third-order valence-corrected chi connectivity index (χ3v) is 5.37. The maximum absolute atomic E-state index is 5.65. The van der Waals surface area contributed by atoms with Crippen molar-refractivity contribution in [3.63, 3.8) is 0 Å². The molecule has 1 aliphatic heterocycles. The van der Waals surface area contributed by atoms with Crippen molar-refractivity contribution in [3.8, 4) is 0 Å². The molecule has 0 aromatic rings. The second-order valence-corrected chi connectivity index (χ2v) is 8.75. The van der Waals surface area contributed by atoms with E-state index in [0.717, 1.165) is 13.1 Å². The van der Waals surface area contributed by atoms with Crippen LogP contribution < -0.4 is 0 Å². The Balaban J connectivity index is 2.43. The number of morpholine rings is 1. The van der Waals surface area contributed by atoms with Crippen LogP contribution in [0.4, 0.5) is 0 Å². The van der Waals surface area contributed by atoms with Crippen LogP contribution in [0, 0.1) is 0 Å². The van der Waals surface area contributed by atoms with Crippen LogP contribution in [0.3, 0.4) is 0 Å². The first-order valence-electron chi connectivity index (χ1n) is 4.00. The Morgan fingerprint density at radius 2 is 1.64 bits per heavy atom. The van der Waals surface area contributed by atoms with E-state index in [2.05, 4.69) is 26.8 Å². The van der Waals surface area contributed by atoms with Crippen LogP contribution in [-0.2, 0) is 4.74 Å². The second kappa shape index (κ2) is 4.05. The van der Waals surface area contributed by atoms with Crippen LogP contribution >= 0.6 is 20.1 Å². The Labute approximate surface area is 77.0 Å². The fourth-order valence-electron chi connectivity index (χ4n) is 1.39. The summed E-state index contributed by atoms with van der Waals surface area (Å²) in [6.45, 7) is 6.65. The van der Waals surface area contributed by atoms with Crippen molar-refractivity contribution in [3.05, 3.63) is 0 Å². The molecule has 1 fully saturated rings. The molecule has 0 radical (unpaired) electrons. The molecule has 1 aliphatic rings. The van der Waals surface area contributed by atoms with Gasteiger partial charge in [-0.3, -0.25) is 0 Å². The van der Waals surface area contributed by atoms with Gasteiger partial charge in [0.05, 0.1) is 0 Å². The van der Waals surface area contributed by atoms with E-state index < -0.39 is 20.1 Å². The predicted molar refractivity (Wildman–Crippen MR) is 57.5 cm³/mol. The first-order valence-corrected chi connectivity index (χ1v) is 9.28. The van der Waals surface area contributed by atoms with Gasteiger partial charge in [-0.05, 0) is 0 Å². The number of alkyl halides is 2. The molecule has 68 valence electrons. The fourth-order valence-corrected chi connectivity index (χ4v) is 4.08. The molecule has 0 aromatic carbocycles. The van der Waals surface area contributed by atoms with E-state index in [4.69, 9.17) is 4.74 Å². The van der Waals surface area contributed by atoms with Crippen LogP contribution in [0.2, 0.25) is 0 Å². The first kappa shape index (κ1) is 9.74. The maximum atomic E-state index is 5.65. The Morgan fingerprint density at radius 1 is 1.18 bits per heavy atom. The van der Waals surface area contributed by atoms with E-state index in [1.807, 2.05) is 0 Å². The predicted octanol–water partition coefficient (Wildman–Crippen LogP) is 1.78. The average molecular weight is 271 g/mol. The zero-order chi connectivity index (χ0) is 8.43. The summed E-state index contributed by atoms with van der Waals surface area (Å²) in [5.74, 6) is 0. The van der Waals surface area contributed by atoms with Crippen molar-refractivity contribution in [2.24, 2.45) is 0 Å². The van der Waals surface area contributed by atoms with Gasteiger partial charge in [0.2, 0.25) is 0 Å². The molecular formula is C8H18INO. The number of rotatable bonds is 1. The summed E-state index contributed by atoms with van der Waals surface area (Å²) in [5, 5.41) is 0. The molecule has 0 aliphatic carbocycles. The normalized spacial score (nSPS) is 35.5. The van der Waals surface area contributed by atoms with Crippen LogP contribution in [0.5, 0.6) is 0 Å². The van der Waals surface area contributed by atoms with E-state index >= 15 is 0 Å². The van der Waals surface area contributed by atoms with E-state index in [1.165, 1.54) is 0 Å². The number of hydrogen-bond acceptors (Lipinski definition) is 2. The molecule has 2 unspecified atom stereocenters. The molecule has 11 heavy (non-hydrogen) atoms. The average Bonchev–Trinajstić information content (AvgIpc) is 1.85. The van der Waals surface area contributed by atoms with Crippen LogP contribution in [0.15, 0.2) is 0 Å². The molecule has 1 saturated heterocycles. The molecule has 1 rings (SSSR count). The molecule has 3 heteroatoms. The van der Waals surface area contributed by atoms with Gasteiger partial charge in [-0.1, -0.05) is 0 Å². The van der Waals surface area contributed by atoms with Crippen molar-refractivity contribution in [1.29, 1.82) is 0 Å². The molecule has 0 spiro atoms. The van der Waals surface area contributed by atoms with Gasteiger partial charge in [0.15, 0.2) is 0 Å². The summed E-state index contributed by atoms with van der Waals surface area (Å²) in [4.78, 5) is 4.80. The Bertz CT molecular complexity index is 119. The van der Waals surface area contributed by atoms with Crippen molar-refractivity contribution in [1.82, 2.24) is 3.11 Å². The van der Waals surface area contributed by atoms with E-state index in [-0.39, 0.29) is 0 Å². The number of hydrogen-bond donors (Lipinski definition) is 0. The van der Waals surface area contributed by atoms with Gasteiger partial charge in [-0.15, -0.1) is 0 Å². The quantitative estimate of drug-likeness (QED) is 0.409. The van der Waals surface area contributed by atoms with Gasteiger partial charge in [0, 0.05) is 0 Å². The monoisotopic (exact) mass is 271 g/mol. The molecular weight excluding hydrogens is 253 g/mol. The Morgan fingerprint density at radius 3 is 2.00 bits per heavy atom. The zero-order valence-corrected chi connectivity index (χ0v) is 9.96. The van der Waals surface area contributed by atoms with Gasteiger partial charge >= 0.3 is 76.9 Å². The fraction of sp³-hybridized carbons (Fsp3) is 1.00. The van der Waals surface area contributed by atoms with Crippen LogP contribution in [-0.4, -0.2) is 38.3 Å². The van der Waals surface area contributed by atoms with E-state index in [1.54, 1.807) is 0 Å². The van der Waals surface area contributed by atoms with E-state index in [0.29, 0.717) is 12.2 Å². The Hall–Kier alpha value is 0.650. The van der Waals surface area contributed by atoms with Gasteiger partial charge in [-0.25, -0.2) is 0 Å². The van der Waals surface area contributed by atoms with Crippen molar-refractivity contribution in [2.75, 3.05) is 23.0 Å². The van der Waals surface area contributed by atoms with E-state index in [9.17, 15) is 0 Å². The van der Waals surface area contributed by atoms with Gasteiger partial charge < -0.3 is 0 Å². The topological polar surface area (TPSA) is 12.5 Å². The third-order valence-electron chi connectivity index (χ3n) is 1.85. The van der Waals surface area contributed by atoms with Gasteiger partial charge in [0.25, 0.3) is 0 Å². The number of nitrogens with zero attached hydrogens (tertiary/aromatic N) is 1. The van der Waals surface area contributed by atoms with Gasteiger partial charge in [0.1, 0.15) is 0 Å². The summed E-state index contributed by atoms with van der Waals surface area (Å²) in [7, 11) is 0. The molecule has 0 aromatic heterocycles. The number of halogens is 1. The van der Waals surface area contributed by atoms with Gasteiger partial charge in [-0.2, -0.15) is 0 Å². The minimum atomic E-state index is -0.733. The first-order chi connectivity index (χ1) is 5.09. The standard InChI is InChI=1S/C8H18INO/c1-7-5-10(9(3)4)6-8(2)11-7/h7-8H,5-6H2,1-4H3. The van der Waals surface area contributed by atoms with Crippen molar-refractivity contribution >= 4 is 20.1 Å². The second-order valence-electron chi connectivity index (χ2n) is 3.30. The molecule has 0 N–H and O–H groups in total. The Kier molecular flexibility index (Phi) is 3.58. The molecule has 2 atom stereocenters. The summed E-state index contributed by atoms with van der Waals surface area (Å²) >= 11 is -0.733.